The maximum atomic E-state index is 12.4. The molecule has 4 amide bonds. The predicted octanol–water partition coefficient (Wildman–Crippen LogP) is 2.30. The SMILES string of the molecule is C[C@H](c1ccccc1)N1C[C@@H](C(=O)OCC(=O)NC(=O)NC2CCCCC2)CC1=O. The third-order valence-corrected chi connectivity index (χ3v) is 5.78. The number of ether oxygens (including phenoxy) is 1. The monoisotopic (exact) mass is 415 g/mol. The van der Waals surface area contributed by atoms with Gasteiger partial charge in [-0.3, -0.25) is 19.7 Å². The molecular formula is C22H29N3O5. The quantitative estimate of drug-likeness (QED) is 0.694. The molecule has 0 spiro atoms. The molecule has 8 heteroatoms. The second-order valence-corrected chi connectivity index (χ2v) is 8.00. The fraction of sp³-hybridized carbons (Fsp3) is 0.545. The summed E-state index contributed by atoms with van der Waals surface area (Å²) < 4.78 is 5.05. The summed E-state index contributed by atoms with van der Waals surface area (Å²) >= 11 is 0. The summed E-state index contributed by atoms with van der Waals surface area (Å²) in [7, 11) is 0. The van der Waals surface area contributed by atoms with Crippen LogP contribution in [-0.2, 0) is 19.1 Å². The van der Waals surface area contributed by atoms with Crippen LogP contribution >= 0.6 is 0 Å². The van der Waals surface area contributed by atoms with E-state index in [2.05, 4.69) is 10.6 Å². The second-order valence-electron chi connectivity index (χ2n) is 8.00. The molecule has 1 aromatic rings. The van der Waals surface area contributed by atoms with Crippen LogP contribution in [0.1, 0.15) is 57.1 Å². The van der Waals surface area contributed by atoms with Crippen LogP contribution in [-0.4, -0.2) is 47.9 Å². The van der Waals surface area contributed by atoms with Crippen molar-refractivity contribution >= 4 is 23.8 Å². The Balaban J connectivity index is 1.41. The average molecular weight is 415 g/mol. The Labute approximate surface area is 176 Å². The Kier molecular flexibility index (Phi) is 7.43. The Morgan fingerprint density at radius 2 is 1.83 bits per heavy atom. The second kappa shape index (κ2) is 10.2. The molecule has 0 bridgehead atoms. The highest BCUT2D eigenvalue weighted by molar-refractivity contribution is 5.96. The normalized spacial score (nSPS) is 20.5. The lowest BCUT2D eigenvalue weighted by atomic mass is 9.96. The highest BCUT2D eigenvalue weighted by atomic mass is 16.5. The molecule has 1 heterocycles. The largest absolute Gasteiger partial charge is 0.455 e. The van der Waals surface area contributed by atoms with E-state index in [-0.39, 0.29) is 31.0 Å². The van der Waals surface area contributed by atoms with Crippen molar-refractivity contribution in [3.05, 3.63) is 35.9 Å². The maximum Gasteiger partial charge on any atom is 0.321 e. The molecule has 30 heavy (non-hydrogen) atoms. The van der Waals surface area contributed by atoms with E-state index in [4.69, 9.17) is 4.74 Å². The first kappa shape index (κ1) is 21.8. The summed E-state index contributed by atoms with van der Waals surface area (Å²) in [5.41, 5.74) is 0.989. The summed E-state index contributed by atoms with van der Waals surface area (Å²) in [5.74, 6) is -2.03. The van der Waals surface area contributed by atoms with Gasteiger partial charge in [-0.05, 0) is 25.3 Å². The summed E-state index contributed by atoms with van der Waals surface area (Å²) in [5, 5.41) is 4.96. The molecule has 0 radical (unpaired) electrons. The van der Waals surface area contributed by atoms with Gasteiger partial charge in [0, 0.05) is 19.0 Å². The molecule has 162 valence electrons. The average Bonchev–Trinajstić information content (AvgIpc) is 3.14. The maximum absolute atomic E-state index is 12.4. The van der Waals surface area contributed by atoms with Crippen molar-refractivity contribution in [3.63, 3.8) is 0 Å². The van der Waals surface area contributed by atoms with E-state index in [9.17, 15) is 19.2 Å². The summed E-state index contributed by atoms with van der Waals surface area (Å²) in [6.45, 7) is 1.62. The highest BCUT2D eigenvalue weighted by Crippen LogP contribution is 2.28. The number of nitrogens with zero attached hydrogens (tertiary/aromatic N) is 1. The minimum atomic E-state index is -0.685. The summed E-state index contributed by atoms with van der Waals surface area (Å²) in [6.07, 6.45) is 5.17. The van der Waals surface area contributed by atoms with Gasteiger partial charge < -0.3 is 15.0 Å². The lowest BCUT2D eigenvalue weighted by Gasteiger charge is -2.25. The first-order valence-electron chi connectivity index (χ1n) is 10.6. The van der Waals surface area contributed by atoms with Crippen LogP contribution in [0.2, 0.25) is 0 Å². The molecule has 1 aliphatic heterocycles. The fourth-order valence-electron chi connectivity index (χ4n) is 4.06. The van der Waals surface area contributed by atoms with Gasteiger partial charge in [0.05, 0.1) is 12.0 Å². The molecular weight excluding hydrogens is 386 g/mol. The number of esters is 1. The van der Waals surface area contributed by atoms with Gasteiger partial charge in [-0.15, -0.1) is 0 Å². The lowest BCUT2D eigenvalue weighted by molar-refractivity contribution is -0.152. The molecule has 0 aromatic heterocycles. The van der Waals surface area contributed by atoms with E-state index < -0.39 is 30.4 Å². The molecule has 1 aromatic carbocycles. The number of hydrogen-bond donors (Lipinski definition) is 2. The van der Waals surface area contributed by atoms with Gasteiger partial charge in [-0.1, -0.05) is 49.6 Å². The van der Waals surface area contributed by atoms with Crippen molar-refractivity contribution in [2.24, 2.45) is 5.92 Å². The van der Waals surface area contributed by atoms with E-state index in [0.717, 1.165) is 31.2 Å². The van der Waals surface area contributed by atoms with Crippen molar-refractivity contribution in [3.8, 4) is 0 Å². The van der Waals surface area contributed by atoms with Crippen LogP contribution in [0.5, 0.6) is 0 Å². The first-order valence-corrected chi connectivity index (χ1v) is 10.6. The van der Waals surface area contributed by atoms with Gasteiger partial charge in [0.25, 0.3) is 5.91 Å². The summed E-state index contributed by atoms with van der Waals surface area (Å²) in [4.78, 5) is 50.1. The van der Waals surface area contributed by atoms with Crippen LogP contribution in [0, 0.1) is 5.92 Å². The van der Waals surface area contributed by atoms with Crippen molar-refractivity contribution in [1.29, 1.82) is 0 Å². The Morgan fingerprint density at radius 3 is 2.53 bits per heavy atom. The number of imide groups is 1. The fourth-order valence-corrected chi connectivity index (χ4v) is 4.06. The van der Waals surface area contributed by atoms with Gasteiger partial charge >= 0.3 is 12.0 Å². The molecule has 2 fully saturated rings. The minimum Gasteiger partial charge on any atom is -0.455 e. The topological polar surface area (TPSA) is 105 Å². The predicted molar refractivity (Wildman–Crippen MR) is 109 cm³/mol. The van der Waals surface area contributed by atoms with E-state index >= 15 is 0 Å². The minimum absolute atomic E-state index is 0.0553. The number of amides is 4. The van der Waals surface area contributed by atoms with Crippen LogP contribution in [0.15, 0.2) is 30.3 Å². The van der Waals surface area contributed by atoms with Crippen LogP contribution in [0.4, 0.5) is 4.79 Å². The molecule has 0 unspecified atom stereocenters. The molecule has 3 rings (SSSR count). The molecule has 8 nitrogen and oxygen atoms in total. The molecule has 2 N–H and O–H groups in total. The van der Waals surface area contributed by atoms with Crippen molar-refractivity contribution in [2.75, 3.05) is 13.2 Å². The first-order chi connectivity index (χ1) is 14.4. The smallest absolute Gasteiger partial charge is 0.321 e. The Morgan fingerprint density at radius 1 is 1.13 bits per heavy atom. The van der Waals surface area contributed by atoms with E-state index in [0.29, 0.717) is 0 Å². The van der Waals surface area contributed by atoms with Crippen molar-refractivity contribution in [2.45, 2.75) is 57.5 Å². The Hall–Kier alpha value is -2.90. The van der Waals surface area contributed by atoms with Gasteiger partial charge in [0.2, 0.25) is 5.91 Å². The number of rotatable bonds is 6. The Bertz CT molecular complexity index is 776. The van der Waals surface area contributed by atoms with Gasteiger partial charge in [0.1, 0.15) is 0 Å². The number of benzene rings is 1. The third-order valence-electron chi connectivity index (χ3n) is 5.78. The third kappa shape index (κ3) is 5.81. The van der Waals surface area contributed by atoms with E-state index in [1.165, 1.54) is 6.42 Å². The summed E-state index contributed by atoms with van der Waals surface area (Å²) in [6, 6.07) is 8.95. The molecule has 1 saturated heterocycles. The molecule has 2 aliphatic rings. The zero-order valence-corrected chi connectivity index (χ0v) is 17.3. The molecule has 1 aliphatic carbocycles. The van der Waals surface area contributed by atoms with Crippen molar-refractivity contribution in [1.82, 2.24) is 15.5 Å². The van der Waals surface area contributed by atoms with Crippen LogP contribution < -0.4 is 10.6 Å². The van der Waals surface area contributed by atoms with Gasteiger partial charge in [-0.25, -0.2) is 4.79 Å². The van der Waals surface area contributed by atoms with Gasteiger partial charge in [-0.2, -0.15) is 0 Å². The van der Waals surface area contributed by atoms with Gasteiger partial charge in [0.15, 0.2) is 6.61 Å². The molecule has 2 atom stereocenters. The zero-order valence-electron chi connectivity index (χ0n) is 17.3. The lowest BCUT2D eigenvalue weighted by Crippen LogP contribution is -2.46. The number of nitrogens with one attached hydrogen (secondary N) is 2. The number of hydrogen-bond acceptors (Lipinski definition) is 5. The highest BCUT2D eigenvalue weighted by Gasteiger charge is 2.38. The van der Waals surface area contributed by atoms with E-state index in [1.807, 2.05) is 37.3 Å². The van der Waals surface area contributed by atoms with Crippen LogP contribution in [0.3, 0.4) is 0 Å². The van der Waals surface area contributed by atoms with Crippen LogP contribution in [0.25, 0.3) is 0 Å². The number of urea groups is 1. The molecule has 1 saturated carbocycles. The van der Waals surface area contributed by atoms with E-state index in [1.54, 1.807) is 4.90 Å². The standard InChI is InChI=1S/C22H29N3O5/c1-15(16-8-4-2-5-9-16)25-13-17(12-20(25)27)21(28)30-14-19(26)24-22(29)23-18-10-6-3-7-11-18/h2,4-5,8-9,15,17-18H,3,6-7,10-14H2,1H3,(H2,23,24,26,29)/t15-,17+/m1/s1. The number of carbonyl (C=O) groups is 4. The number of carbonyl (C=O) groups excluding carboxylic acids is 4. The van der Waals surface area contributed by atoms with Crippen molar-refractivity contribution < 1.29 is 23.9 Å². The zero-order chi connectivity index (χ0) is 21.5. The number of likely N-dealkylation sites (tertiary alicyclic amines) is 1.